The number of aromatic nitrogens is 1. The van der Waals surface area contributed by atoms with Crippen LogP contribution in [0.15, 0.2) is 16.9 Å². The first kappa shape index (κ1) is 13.1. The van der Waals surface area contributed by atoms with Crippen LogP contribution in [0.5, 0.6) is 0 Å². The van der Waals surface area contributed by atoms with E-state index >= 15 is 0 Å². The van der Waals surface area contributed by atoms with Gasteiger partial charge in [0, 0.05) is 13.2 Å². The number of carbonyl (C=O) groups excluding carboxylic acids is 1. The van der Waals surface area contributed by atoms with E-state index in [0.717, 1.165) is 10.2 Å². The zero-order chi connectivity index (χ0) is 12.3. The Labute approximate surface area is 104 Å². The van der Waals surface area contributed by atoms with Crippen LogP contribution in [0.1, 0.15) is 26.3 Å². The molecule has 1 amide bonds. The van der Waals surface area contributed by atoms with Gasteiger partial charge in [-0.25, -0.2) is 4.79 Å². The van der Waals surface area contributed by atoms with Crippen molar-refractivity contribution in [2.24, 2.45) is 0 Å². The quantitative estimate of drug-likeness (QED) is 0.909. The van der Waals surface area contributed by atoms with Crippen LogP contribution >= 0.6 is 15.9 Å². The number of hydrogen-bond donors (Lipinski definition) is 1. The molecule has 5 heteroatoms. The second kappa shape index (κ2) is 4.91. The van der Waals surface area contributed by atoms with Gasteiger partial charge in [0.15, 0.2) is 0 Å². The van der Waals surface area contributed by atoms with Gasteiger partial charge in [0.25, 0.3) is 0 Å². The van der Waals surface area contributed by atoms with Crippen LogP contribution < -0.4 is 0 Å². The minimum absolute atomic E-state index is 0.315. The molecule has 0 fully saturated rings. The van der Waals surface area contributed by atoms with E-state index < -0.39 is 5.60 Å². The molecule has 0 radical (unpaired) electrons. The average Bonchev–Trinajstić information content (AvgIpc) is 2.48. The third-order valence-electron chi connectivity index (χ3n) is 1.83. The summed E-state index contributed by atoms with van der Waals surface area (Å²) in [6, 6.07) is 1.93. The van der Waals surface area contributed by atoms with Gasteiger partial charge in [-0.3, -0.25) is 0 Å². The zero-order valence-electron chi connectivity index (χ0n) is 10.0. The molecular formula is C11H17BrN2O2. The van der Waals surface area contributed by atoms with Gasteiger partial charge < -0.3 is 14.6 Å². The van der Waals surface area contributed by atoms with Crippen molar-refractivity contribution in [2.45, 2.75) is 32.9 Å². The van der Waals surface area contributed by atoms with Crippen LogP contribution in [0.25, 0.3) is 0 Å². The first-order valence-corrected chi connectivity index (χ1v) is 5.84. The molecule has 1 aromatic rings. The third kappa shape index (κ3) is 4.26. The van der Waals surface area contributed by atoms with Gasteiger partial charge in [-0.1, -0.05) is 0 Å². The highest BCUT2D eigenvalue weighted by Gasteiger charge is 2.19. The topological polar surface area (TPSA) is 45.3 Å². The average molecular weight is 289 g/mol. The van der Waals surface area contributed by atoms with Crippen molar-refractivity contribution in [3.8, 4) is 0 Å². The Bertz CT molecular complexity index is 368. The monoisotopic (exact) mass is 288 g/mol. The third-order valence-corrected chi connectivity index (χ3v) is 2.29. The molecule has 0 aliphatic rings. The van der Waals surface area contributed by atoms with Crippen molar-refractivity contribution in [2.75, 3.05) is 7.05 Å². The molecular weight excluding hydrogens is 272 g/mol. The number of carbonyl (C=O) groups is 1. The highest BCUT2D eigenvalue weighted by atomic mass is 79.9. The van der Waals surface area contributed by atoms with E-state index in [1.54, 1.807) is 11.9 Å². The predicted molar refractivity (Wildman–Crippen MR) is 66.2 cm³/mol. The largest absolute Gasteiger partial charge is 0.444 e. The van der Waals surface area contributed by atoms with Gasteiger partial charge in [-0.15, -0.1) is 0 Å². The van der Waals surface area contributed by atoms with Crippen molar-refractivity contribution in [1.82, 2.24) is 9.88 Å². The predicted octanol–water partition coefficient (Wildman–Crippen LogP) is 3.14. The molecule has 0 aliphatic heterocycles. The molecule has 4 nitrogen and oxygen atoms in total. The fourth-order valence-electron chi connectivity index (χ4n) is 1.18. The van der Waals surface area contributed by atoms with Crippen LogP contribution in [-0.2, 0) is 11.3 Å². The fourth-order valence-corrected chi connectivity index (χ4v) is 1.59. The van der Waals surface area contributed by atoms with Crippen LogP contribution in [0.2, 0.25) is 0 Å². The summed E-state index contributed by atoms with van der Waals surface area (Å²) in [6.07, 6.45) is 1.54. The maximum Gasteiger partial charge on any atom is 0.410 e. The number of nitrogens with one attached hydrogen (secondary N) is 1. The molecule has 1 heterocycles. The van der Waals surface area contributed by atoms with Gasteiger partial charge in [0.2, 0.25) is 0 Å². The molecule has 0 aliphatic carbocycles. The molecule has 0 saturated heterocycles. The Balaban J connectivity index is 2.52. The standard InChI is InChI=1S/C11H17BrN2O2/c1-11(2,3)16-10(15)14(4)7-8-5-9(12)13-6-8/h5-6,13H,7H2,1-4H3. The van der Waals surface area contributed by atoms with E-state index in [9.17, 15) is 4.79 Å². The number of amides is 1. The second-order valence-electron chi connectivity index (χ2n) is 4.69. The Hall–Kier alpha value is -0.970. The molecule has 0 aromatic carbocycles. The number of rotatable bonds is 2. The van der Waals surface area contributed by atoms with Gasteiger partial charge in [0.05, 0.1) is 11.1 Å². The van der Waals surface area contributed by atoms with E-state index in [2.05, 4.69) is 20.9 Å². The van der Waals surface area contributed by atoms with Crippen molar-refractivity contribution < 1.29 is 9.53 Å². The smallest absolute Gasteiger partial charge is 0.410 e. The van der Waals surface area contributed by atoms with Crippen molar-refractivity contribution >= 4 is 22.0 Å². The van der Waals surface area contributed by atoms with Crippen LogP contribution in [0.4, 0.5) is 4.79 Å². The number of H-pyrrole nitrogens is 1. The lowest BCUT2D eigenvalue weighted by atomic mass is 10.2. The lowest BCUT2D eigenvalue weighted by Gasteiger charge is -2.24. The second-order valence-corrected chi connectivity index (χ2v) is 5.55. The number of ether oxygens (including phenoxy) is 1. The van der Waals surface area contributed by atoms with Gasteiger partial charge in [0.1, 0.15) is 5.60 Å². The summed E-state index contributed by atoms with van der Waals surface area (Å²) < 4.78 is 6.15. The molecule has 1 rings (SSSR count). The van der Waals surface area contributed by atoms with E-state index in [4.69, 9.17) is 4.74 Å². The maximum atomic E-state index is 11.7. The Kier molecular flexibility index (Phi) is 4.02. The van der Waals surface area contributed by atoms with Crippen LogP contribution in [-0.4, -0.2) is 28.6 Å². The summed E-state index contributed by atoms with van der Waals surface area (Å²) in [6.45, 7) is 6.08. The lowest BCUT2D eigenvalue weighted by molar-refractivity contribution is 0.0285. The van der Waals surface area contributed by atoms with Crippen molar-refractivity contribution in [1.29, 1.82) is 0 Å². The minimum Gasteiger partial charge on any atom is -0.444 e. The molecule has 90 valence electrons. The summed E-state index contributed by atoms with van der Waals surface area (Å²) in [4.78, 5) is 16.2. The van der Waals surface area contributed by atoms with E-state index in [-0.39, 0.29) is 6.09 Å². The lowest BCUT2D eigenvalue weighted by Crippen LogP contribution is -2.33. The molecule has 0 saturated carbocycles. The fraction of sp³-hybridized carbons (Fsp3) is 0.545. The summed E-state index contributed by atoms with van der Waals surface area (Å²) in [7, 11) is 1.72. The molecule has 1 N–H and O–H groups in total. The van der Waals surface area contributed by atoms with E-state index in [0.29, 0.717) is 6.54 Å². The van der Waals surface area contributed by atoms with Gasteiger partial charge in [-0.05, 0) is 48.3 Å². The number of hydrogen-bond acceptors (Lipinski definition) is 2. The number of aromatic amines is 1. The molecule has 16 heavy (non-hydrogen) atoms. The Morgan fingerprint density at radius 3 is 2.62 bits per heavy atom. The Morgan fingerprint density at radius 1 is 1.56 bits per heavy atom. The summed E-state index contributed by atoms with van der Waals surface area (Å²) in [5.41, 5.74) is 0.574. The molecule has 0 atom stereocenters. The highest BCUT2D eigenvalue weighted by molar-refractivity contribution is 9.10. The first-order chi connectivity index (χ1) is 7.28. The number of halogens is 1. The molecule has 0 unspecified atom stereocenters. The number of nitrogens with zero attached hydrogens (tertiary/aromatic N) is 1. The molecule has 0 spiro atoms. The zero-order valence-corrected chi connectivity index (χ0v) is 11.6. The minimum atomic E-state index is -0.454. The van der Waals surface area contributed by atoms with Gasteiger partial charge in [-0.2, -0.15) is 0 Å². The highest BCUT2D eigenvalue weighted by Crippen LogP contribution is 2.14. The Morgan fingerprint density at radius 2 is 2.19 bits per heavy atom. The normalized spacial score (nSPS) is 11.3. The summed E-state index contributed by atoms with van der Waals surface area (Å²) >= 11 is 3.32. The SMILES string of the molecule is CN(Cc1c[nH]c(Br)c1)C(=O)OC(C)(C)C. The van der Waals surface area contributed by atoms with Crippen LogP contribution in [0, 0.1) is 0 Å². The molecule has 1 aromatic heterocycles. The van der Waals surface area contributed by atoms with Crippen molar-refractivity contribution in [3.05, 3.63) is 22.4 Å². The maximum absolute atomic E-state index is 11.7. The van der Waals surface area contributed by atoms with Crippen molar-refractivity contribution in [3.63, 3.8) is 0 Å². The summed E-state index contributed by atoms with van der Waals surface area (Å²) in [5, 5.41) is 0. The van der Waals surface area contributed by atoms with E-state index in [1.165, 1.54) is 0 Å². The molecule has 0 bridgehead atoms. The summed E-state index contributed by atoms with van der Waals surface area (Å²) in [5.74, 6) is 0. The van der Waals surface area contributed by atoms with Crippen LogP contribution in [0.3, 0.4) is 0 Å². The van der Waals surface area contributed by atoms with E-state index in [1.807, 2.05) is 33.0 Å². The van der Waals surface area contributed by atoms with Gasteiger partial charge >= 0.3 is 6.09 Å². The first-order valence-electron chi connectivity index (χ1n) is 5.05.